The summed E-state index contributed by atoms with van der Waals surface area (Å²) in [4.78, 5) is 11.1. The van der Waals surface area contributed by atoms with Crippen LogP contribution in [0.2, 0.25) is 0 Å². The monoisotopic (exact) mass is 180 g/mol. The number of hydrogen-bond donors (Lipinski definition) is 0. The highest BCUT2D eigenvalue weighted by atomic mass is 16.5. The standard InChI is InChI=1S/C11H16O2/c1-2-3-8-11(12)13-9-10-6-4-5-7-10/h4,6-7H,2-3,5,8-9H2,1H3. The number of carbonyl (C=O) groups is 1. The Morgan fingerprint density at radius 3 is 3.08 bits per heavy atom. The molecule has 0 amide bonds. The Hall–Kier alpha value is -1.05. The van der Waals surface area contributed by atoms with Gasteiger partial charge in [0.2, 0.25) is 0 Å². The van der Waals surface area contributed by atoms with E-state index >= 15 is 0 Å². The molecule has 0 bridgehead atoms. The molecule has 0 aromatic heterocycles. The molecule has 0 atom stereocenters. The highest BCUT2D eigenvalue weighted by Crippen LogP contribution is 2.09. The molecule has 0 saturated carbocycles. The van der Waals surface area contributed by atoms with Crippen molar-refractivity contribution in [2.24, 2.45) is 0 Å². The fraction of sp³-hybridized carbons (Fsp3) is 0.545. The van der Waals surface area contributed by atoms with E-state index in [-0.39, 0.29) is 5.97 Å². The maximum absolute atomic E-state index is 11.1. The number of rotatable bonds is 5. The molecule has 0 spiro atoms. The molecule has 2 heteroatoms. The molecule has 0 heterocycles. The molecule has 0 aliphatic heterocycles. The van der Waals surface area contributed by atoms with E-state index in [4.69, 9.17) is 4.74 Å². The maximum atomic E-state index is 11.1. The lowest BCUT2D eigenvalue weighted by atomic mass is 10.2. The van der Waals surface area contributed by atoms with Gasteiger partial charge in [0.25, 0.3) is 0 Å². The normalized spacial score (nSPS) is 14.4. The van der Waals surface area contributed by atoms with Crippen LogP contribution >= 0.6 is 0 Å². The van der Waals surface area contributed by atoms with Gasteiger partial charge < -0.3 is 4.74 Å². The fourth-order valence-electron chi connectivity index (χ4n) is 1.17. The molecule has 72 valence electrons. The lowest BCUT2D eigenvalue weighted by Crippen LogP contribution is -2.05. The Morgan fingerprint density at radius 1 is 1.62 bits per heavy atom. The topological polar surface area (TPSA) is 26.3 Å². The minimum atomic E-state index is -0.0805. The summed E-state index contributed by atoms with van der Waals surface area (Å²) in [6.07, 6.45) is 9.64. The molecule has 0 unspecified atom stereocenters. The quantitative estimate of drug-likeness (QED) is 0.608. The molecule has 0 fully saturated rings. The van der Waals surface area contributed by atoms with Crippen molar-refractivity contribution >= 4 is 5.97 Å². The van der Waals surface area contributed by atoms with Crippen LogP contribution < -0.4 is 0 Å². The second-order valence-electron chi connectivity index (χ2n) is 3.18. The van der Waals surface area contributed by atoms with Crippen LogP contribution in [0.1, 0.15) is 32.6 Å². The number of esters is 1. The summed E-state index contributed by atoms with van der Waals surface area (Å²) in [5.74, 6) is -0.0805. The molecule has 0 aromatic carbocycles. The van der Waals surface area contributed by atoms with E-state index in [1.807, 2.05) is 6.08 Å². The second kappa shape index (κ2) is 5.57. The summed E-state index contributed by atoms with van der Waals surface area (Å²) >= 11 is 0. The van der Waals surface area contributed by atoms with Gasteiger partial charge in [0, 0.05) is 6.42 Å². The molecular weight excluding hydrogens is 164 g/mol. The first-order valence-corrected chi connectivity index (χ1v) is 4.84. The first-order chi connectivity index (χ1) is 6.33. The van der Waals surface area contributed by atoms with Gasteiger partial charge in [0.1, 0.15) is 6.61 Å². The van der Waals surface area contributed by atoms with Crippen LogP contribution in [0.3, 0.4) is 0 Å². The largest absolute Gasteiger partial charge is 0.461 e. The van der Waals surface area contributed by atoms with E-state index in [2.05, 4.69) is 19.1 Å². The summed E-state index contributed by atoms with van der Waals surface area (Å²) in [5, 5.41) is 0. The van der Waals surface area contributed by atoms with Gasteiger partial charge in [-0.15, -0.1) is 0 Å². The number of ether oxygens (including phenoxy) is 1. The Morgan fingerprint density at radius 2 is 2.46 bits per heavy atom. The zero-order valence-corrected chi connectivity index (χ0v) is 8.08. The molecule has 2 nitrogen and oxygen atoms in total. The molecule has 1 rings (SSSR count). The second-order valence-corrected chi connectivity index (χ2v) is 3.18. The van der Waals surface area contributed by atoms with E-state index in [0.29, 0.717) is 13.0 Å². The number of carbonyl (C=O) groups excluding carboxylic acids is 1. The highest BCUT2D eigenvalue weighted by Gasteiger charge is 2.03. The zero-order chi connectivity index (χ0) is 9.52. The van der Waals surface area contributed by atoms with E-state index in [1.165, 1.54) is 0 Å². The molecule has 1 aliphatic rings. The van der Waals surface area contributed by atoms with Crippen molar-refractivity contribution in [2.75, 3.05) is 6.61 Å². The summed E-state index contributed by atoms with van der Waals surface area (Å²) in [6.45, 7) is 2.51. The van der Waals surface area contributed by atoms with Gasteiger partial charge in [-0.05, 0) is 18.4 Å². The maximum Gasteiger partial charge on any atom is 0.306 e. The van der Waals surface area contributed by atoms with Gasteiger partial charge in [-0.1, -0.05) is 31.6 Å². The molecular formula is C11H16O2. The van der Waals surface area contributed by atoms with Crippen LogP contribution in [0.5, 0.6) is 0 Å². The fourth-order valence-corrected chi connectivity index (χ4v) is 1.17. The van der Waals surface area contributed by atoms with Crippen LogP contribution in [-0.2, 0) is 9.53 Å². The van der Waals surface area contributed by atoms with Crippen molar-refractivity contribution in [2.45, 2.75) is 32.6 Å². The van der Waals surface area contributed by atoms with Crippen LogP contribution in [0.25, 0.3) is 0 Å². The van der Waals surface area contributed by atoms with Crippen molar-refractivity contribution in [3.63, 3.8) is 0 Å². The van der Waals surface area contributed by atoms with E-state index in [9.17, 15) is 4.79 Å². The molecule has 0 N–H and O–H groups in total. The predicted octanol–water partition coefficient (Wildman–Crippen LogP) is 2.61. The minimum absolute atomic E-state index is 0.0805. The first kappa shape index (κ1) is 10.0. The van der Waals surface area contributed by atoms with Gasteiger partial charge in [-0.25, -0.2) is 0 Å². The van der Waals surface area contributed by atoms with Crippen molar-refractivity contribution in [3.8, 4) is 0 Å². The molecule has 13 heavy (non-hydrogen) atoms. The molecule has 0 aromatic rings. The van der Waals surface area contributed by atoms with Gasteiger partial charge in [-0.3, -0.25) is 4.79 Å². The van der Waals surface area contributed by atoms with Crippen LogP contribution in [0.15, 0.2) is 23.8 Å². The lowest BCUT2D eigenvalue weighted by molar-refractivity contribution is -0.142. The van der Waals surface area contributed by atoms with Crippen molar-refractivity contribution < 1.29 is 9.53 Å². The average molecular weight is 180 g/mol. The van der Waals surface area contributed by atoms with Crippen molar-refractivity contribution in [3.05, 3.63) is 23.8 Å². The third-order valence-corrected chi connectivity index (χ3v) is 1.98. The SMILES string of the molecule is CCCCC(=O)OCC1=CCC=C1. The molecule has 1 aliphatic carbocycles. The minimum Gasteiger partial charge on any atom is -0.461 e. The van der Waals surface area contributed by atoms with Crippen LogP contribution in [0.4, 0.5) is 0 Å². The van der Waals surface area contributed by atoms with E-state index in [0.717, 1.165) is 24.8 Å². The summed E-state index contributed by atoms with van der Waals surface area (Å²) in [7, 11) is 0. The number of allylic oxidation sites excluding steroid dienone is 2. The predicted molar refractivity (Wildman–Crippen MR) is 52.3 cm³/mol. The van der Waals surface area contributed by atoms with E-state index < -0.39 is 0 Å². The summed E-state index contributed by atoms with van der Waals surface area (Å²) in [5.41, 5.74) is 1.12. The summed E-state index contributed by atoms with van der Waals surface area (Å²) < 4.78 is 5.07. The third kappa shape index (κ3) is 3.92. The summed E-state index contributed by atoms with van der Waals surface area (Å²) in [6, 6.07) is 0. The number of hydrogen-bond acceptors (Lipinski definition) is 2. The Labute approximate surface area is 79.3 Å². The molecule has 0 saturated heterocycles. The number of unbranched alkanes of at least 4 members (excludes halogenated alkanes) is 1. The third-order valence-electron chi connectivity index (χ3n) is 1.98. The van der Waals surface area contributed by atoms with Crippen LogP contribution in [0, 0.1) is 0 Å². The van der Waals surface area contributed by atoms with Crippen LogP contribution in [-0.4, -0.2) is 12.6 Å². The Balaban J connectivity index is 2.11. The highest BCUT2D eigenvalue weighted by molar-refractivity contribution is 5.69. The van der Waals surface area contributed by atoms with E-state index in [1.54, 1.807) is 0 Å². The van der Waals surface area contributed by atoms with Crippen molar-refractivity contribution in [1.82, 2.24) is 0 Å². The zero-order valence-electron chi connectivity index (χ0n) is 8.08. The van der Waals surface area contributed by atoms with Gasteiger partial charge in [0.15, 0.2) is 0 Å². The Bertz CT molecular complexity index is 226. The lowest BCUT2D eigenvalue weighted by Gasteiger charge is -2.03. The van der Waals surface area contributed by atoms with Gasteiger partial charge in [-0.2, -0.15) is 0 Å². The average Bonchev–Trinajstić information content (AvgIpc) is 2.64. The van der Waals surface area contributed by atoms with Crippen molar-refractivity contribution in [1.29, 1.82) is 0 Å². The first-order valence-electron chi connectivity index (χ1n) is 4.84. The smallest absolute Gasteiger partial charge is 0.306 e. The van der Waals surface area contributed by atoms with Gasteiger partial charge >= 0.3 is 5.97 Å². The molecule has 0 radical (unpaired) electrons. The Kier molecular flexibility index (Phi) is 4.30. The van der Waals surface area contributed by atoms with Gasteiger partial charge in [0.05, 0.1) is 0 Å².